The lowest BCUT2D eigenvalue weighted by molar-refractivity contribution is -0.197. The van der Waals surface area contributed by atoms with Crippen LogP contribution in [-0.4, -0.2) is 100 Å². The van der Waals surface area contributed by atoms with Gasteiger partial charge in [-0.15, -0.1) is 5.06 Å². The predicted octanol–water partition coefficient (Wildman–Crippen LogP) is 8.48. The number of amides is 3. The molecule has 0 radical (unpaired) electrons. The van der Waals surface area contributed by atoms with Crippen LogP contribution in [-0.2, 0) is 47.7 Å². The monoisotopic (exact) mass is 1020 g/mol. The van der Waals surface area contributed by atoms with Crippen LogP contribution in [0.2, 0.25) is 0 Å². The number of hydroxylamine groups is 2. The van der Waals surface area contributed by atoms with Crippen LogP contribution in [0.3, 0.4) is 0 Å². The molecule has 75 heavy (non-hydrogen) atoms. The van der Waals surface area contributed by atoms with Gasteiger partial charge in [0.2, 0.25) is 5.91 Å². The number of nitrogens with zero attached hydrogens (tertiary/aromatic N) is 3. The summed E-state index contributed by atoms with van der Waals surface area (Å²) in [5.74, 6) is -7.81. The number of hydrogen-bond donors (Lipinski definition) is 7. The van der Waals surface area contributed by atoms with Crippen molar-refractivity contribution in [2.45, 2.75) is 77.0 Å². The fourth-order valence-electron chi connectivity index (χ4n) is 9.50. The number of carboxylic acids is 4. The number of carboxylic acid groups (broad SMARTS) is 4. The molecule has 3 aliphatic rings. The van der Waals surface area contributed by atoms with Gasteiger partial charge in [-0.3, -0.25) is 24.4 Å². The number of benzene rings is 3. The molecule has 3 aromatic heterocycles. The molecule has 6 aromatic rings. The van der Waals surface area contributed by atoms with Crippen molar-refractivity contribution in [3.8, 4) is 39.1 Å². The van der Waals surface area contributed by atoms with E-state index in [-0.39, 0.29) is 52.6 Å². The number of H-pyrrole nitrogens is 2. The van der Waals surface area contributed by atoms with E-state index in [0.29, 0.717) is 96.4 Å². The number of ether oxygens (including phenoxy) is 1. The molecule has 0 aliphatic carbocycles. The number of imide groups is 1. The van der Waals surface area contributed by atoms with Crippen LogP contribution in [0.25, 0.3) is 55.4 Å². The lowest BCUT2D eigenvalue weighted by Crippen LogP contribution is -2.32. The molecule has 382 valence electrons. The van der Waals surface area contributed by atoms with Crippen LogP contribution in [0.15, 0.2) is 84.9 Å². The maximum Gasteiger partial charge on any atom is 0.335 e. The Labute approximate surface area is 426 Å². The summed E-state index contributed by atoms with van der Waals surface area (Å²) < 4.78 is 6.12. The summed E-state index contributed by atoms with van der Waals surface area (Å²) in [6, 6.07) is 21.6. The molecular formula is C55H48N6O14. The zero-order valence-electron chi connectivity index (χ0n) is 41.0. The molecule has 8 bridgehead atoms. The Kier molecular flexibility index (Phi) is 12.9. The molecule has 0 spiro atoms. The highest BCUT2D eigenvalue weighted by Crippen LogP contribution is 2.44. The van der Waals surface area contributed by atoms with Crippen LogP contribution in [0.1, 0.15) is 118 Å². The van der Waals surface area contributed by atoms with E-state index < -0.39 is 64.8 Å². The summed E-state index contributed by atoms with van der Waals surface area (Å²) in [4.78, 5) is 121. The van der Waals surface area contributed by atoms with Gasteiger partial charge in [0.05, 0.1) is 58.2 Å². The van der Waals surface area contributed by atoms with Gasteiger partial charge in [-0.1, -0.05) is 39.8 Å². The average molecular weight is 1020 g/mol. The number of aromatic amines is 2. The molecule has 20 nitrogen and oxygen atoms in total. The molecule has 0 atom stereocenters. The second-order valence-corrected chi connectivity index (χ2v) is 19.7. The Morgan fingerprint density at radius 3 is 1.53 bits per heavy atom. The van der Waals surface area contributed by atoms with Gasteiger partial charge in [0.1, 0.15) is 0 Å². The number of anilines is 1. The van der Waals surface area contributed by atoms with Crippen LogP contribution in [0, 0.1) is 0 Å². The number of nitrogens with one attached hydrogen (secondary N) is 3. The highest BCUT2D eigenvalue weighted by atomic mass is 16.7. The predicted molar refractivity (Wildman–Crippen MR) is 270 cm³/mol. The van der Waals surface area contributed by atoms with Crippen LogP contribution >= 0.6 is 0 Å². The normalized spacial score (nSPS) is 14.6. The van der Waals surface area contributed by atoms with Crippen molar-refractivity contribution >= 4 is 75.3 Å². The first kappa shape index (κ1) is 50.5. The number of aromatic nitrogens is 4. The molecule has 3 amide bonds. The number of methoxy groups -OCH3 is 1. The van der Waals surface area contributed by atoms with Crippen LogP contribution < -0.4 is 10.1 Å². The van der Waals surface area contributed by atoms with Gasteiger partial charge in [0.25, 0.3) is 11.8 Å². The molecule has 20 heteroatoms. The SMILES string of the molecule is COc1c2nc(cc3cc(-c4cc(C(=O)O)cc(C(=O)O)c4)c([nH]3)c(-c3ccc(NC(=O)CCC(=O)ON4C(=O)CCC4=O)cc3)c3nc(cc4cc(-c5cc(C(=O)O)cc(C(=O)O)c5)c1[nH]4)C(C)(C)C3)C(C)(C)C2. The molecule has 1 saturated heterocycles. The van der Waals surface area contributed by atoms with Crippen molar-refractivity contribution in [1.82, 2.24) is 25.0 Å². The number of carbonyl (C=O) groups is 8. The summed E-state index contributed by atoms with van der Waals surface area (Å²) in [7, 11) is 1.48. The Balaban J connectivity index is 1.28. The fraction of sp³-hybridized carbons (Fsp3) is 0.236. The molecule has 6 heterocycles. The van der Waals surface area contributed by atoms with Crippen LogP contribution in [0.5, 0.6) is 5.75 Å². The van der Waals surface area contributed by atoms with Crippen molar-refractivity contribution in [2.24, 2.45) is 0 Å². The van der Waals surface area contributed by atoms with Gasteiger partial charge < -0.3 is 45.3 Å². The van der Waals surface area contributed by atoms with Crippen molar-refractivity contribution in [2.75, 3.05) is 12.4 Å². The first-order valence-electron chi connectivity index (χ1n) is 23.5. The average Bonchev–Trinajstić information content (AvgIpc) is 4.18. The molecule has 0 saturated carbocycles. The third kappa shape index (κ3) is 10.0. The molecule has 3 aromatic carbocycles. The fourth-order valence-corrected chi connectivity index (χ4v) is 9.50. The zero-order valence-corrected chi connectivity index (χ0v) is 41.0. The van der Waals surface area contributed by atoms with Crippen molar-refractivity contribution in [3.63, 3.8) is 0 Å². The second-order valence-electron chi connectivity index (χ2n) is 19.7. The maximum absolute atomic E-state index is 13.1. The van der Waals surface area contributed by atoms with Crippen molar-refractivity contribution in [1.29, 1.82) is 0 Å². The number of aromatic carboxylic acids is 4. The number of carbonyl (C=O) groups excluding carboxylic acids is 4. The highest BCUT2D eigenvalue weighted by molar-refractivity contribution is 6.04. The summed E-state index contributed by atoms with van der Waals surface area (Å²) in [6.07, 6.45) is -0.242. The van der Waals surface area contributed by atoms with E-state index in [2.05, 4.69) is 15.3 Å². The molecule has 7 N–H and O–H groups in total. The van der Waals surface area contributed by atoms with Gasteiger partial charge in [0.15, 0.2) is 5.75 Å². The summed E-state index contributed by atoms with van der Waals surface area (Å²) in [5.41, 5.74) is 4.60. The molecular weight excluding hydrogens is 969 g/mol. The third-order valence-corrected chi connectivity index (χ3v) is 13.3. The zero-order chi connectivity index (χ0) is 53.8. The number of hydrogen-bond acceptors (Lipinski definition) is 12. The number of rotatable bonds is 13. The minimum atomic E-state index is -1.34. The highest BCUT2D eigenvalue weighted by Gasteiger charge is 2.35. The van der Waals surface area contributed by atoms with Crippen LogP contribution in [0.4, 0.5) is 5.69 Å². The minimum Gasteiger partial charge on any atom is -0.493 e. The standard InChI is InChI=1S/C55H48N6O14/c1-54(2)24-38-46(26-6-8-33(9-7-26)56-42(62)10-13-45(65)75-61-43(63)11-12-44(61)64)47-36(27-14-29(50(66)67)18-30(15-27)51(68)69)20-34(57-47)22-41-55(3,4)25-39(60-41)49(74-5)48-37(21-35(58-48)23-40(54)59-38)28-16-31(52(70)71)19-32(17-28)53(72)73/h6-9,14-23,57-58H,10-13,24-25H2,1-5H3,(H,56,62)(H,66,67)(H,68,69)(H,70,71)(H,72,73). The van der Waals surface area contributed by atoms with E-state index in [9.17, 15) is 58.8 Å². The summed E-state index contributed by atoms with van der Waals surface area (Å²) in [5, 5.41) is 43.6. The smallest absolute Gasteiger partial charge is 0.335 e. The summed E-state index contributed by atoms with van der Waals surface area (Å²) in [6.45, 7) is 7.94. The minimum absolute atomic E-state index is 0.0786. The van der Waals surface area contributed by atoms with E-state index in [1.165, 1.54) is 31.4 Å². The lowest BCUT2D eigenvalue weighted by atomic mass is 9.85. The Morgan fingerprint density at radius 1 is 0.600 bits per heavy atom. The third-order valence-electron chi connectivity index (χ3n) is 13.3. The number of fused-ring (bicyclic) bond motifs is 8. The first-order valence-corrected chi connectivity index (χ1v) is 23.5. The van der Waals surface area contributed by atoms with E-state index in [1.54, 1.807) is 36.4 Å². The molecule has 1 fully saturated rings. The van der Waals surface area contributed by atoms with Gasteiger partial charge in [-0.2, -0.15) is 0 Å². The first-order chi connectivity index (χ1) is 35.5. The largest absolute Gasteiger partial charge is 0.493 e. The molecule has 3 aliphatic heterocycles. The molecule has 0 unspecified atom stereocenters. The Morgan fingerprint density at radius 2 is 1.05 bits per heavy atom. The quantitative estimate of drug-likeness (QED) is 0.0533. The van der Waals surface area contributed by atoms with E-state index in [0.717, 1.165) is 12.1 Å². The Hall–Kier alpha value is -9.46. The Bertz CT molecular complexity index is 3580. The second kappa shape index (κ2) is 19.2. The lowest BCUT2D eigenvalue weighted by Gasteiger charge is -2.17. The maximum atomic E-state index is 13.1. The van der Waals surface area contributed by atoms with Crippen molar-refractivity contribution in [3.05, 3.63) is 130 Å². The summed E-state index contributed by atoms with van der Waals surface area (Å²) >= 11 is 0. The molecule has 9 rings (SSSR count). The van der Waals surface area contributed by atoms with E-state index >= 15 is 0 Å². The van der Waals surface area contributed by atoms with Gasteiger partial charge in [-0.05, 0) is 89.5 Å². The van der Waals surface area contributed by atoms with E-state index in [4.69, 9.17) is 19.5 Å². The van der Waals surface area contributed by atoms with E-state index in [1.807, 2.05) is 39.8 Å². The van der Waals surface area contributed by atoms with Gasteiger partial charge in [-0.25, -0.2) is 24.0 Å². The van der Waals surface area contributed by atoms with Crippen molar-refractivity contribution < 1.29 is 68.4 Å². The topological polar surface area (TPSA) is 309 Å². The van der Waals surface area contributed by atoms with Gasteiger partial charge in [0, 0.05) is 87.7 Å². The van der Waals surface area contributed by atoms with Gasteiger partial charge >= 0.3 is 29.8 Å².